The number of hydrogen-bond acceptors (Lipinski definition) is 2. The smallest absolute Gasteiger partial charge is 0.246 e. The highest BCUT2D eigenvalue weighted by Gasteiger charge is 2.61. The lowest BCUT2D eigenvalue weighted by Crippen LogP contribution is -2.59. The molecule has 5 rings (SSSR count). The fourth-order valence-corrected chi connectivity index (χ4v) is 8.50. The number of ketones is 1. The van der Waals surface area contributed by atoms with Crippen LogP contribution in [-0.2, 0) is 4.79 Å². The van der Waals surface area contributed by atoms with Gasteiger partial charge in [0.25, 0.3) is 0 Å². The second-order valence-corrected chi connectivity index (χ2v) is 11.5. The molecule has 0 aromatic heterocycles. The highest BCUT2D eigenvalue weighted by molar-refractivity contribution is 9.10. The predicted octanol–water partition coefficient (Wildman–Crippen LogP) is 5.89. The summed E-state index contributed by atoms with van der Waals surface area (Å²) in [5.74, 6) is 2.48. The Morgan fingerprint density at radius 1 is 1.07 bits per heavy atom. The molecule has 4 aliphatic rings. The highest BCUT2D eigenvalue weighted by Crippen LogP contribution is 2.65. The topological polar surface area (TPSA) is 37.4 Å². The lowest BCUT2D eigenvalue weighted by Gasteiger charge is -2.60. The van der Waals surface area contributed by atoms with Crippen LogP contribution in [0.3, 0.4) is 0 Å². The van der Waals surface area contributed by atoms with Gasteiger partial charge in [-0.25, -0.2) is 0 Å². The van der Waals surface area contributed by atoms with Crippen LogP contribution in [0.1, 0.15) is 62.7 Å². The number of hydrogen-bond donors (Lipinski definition) is 0. The van der Waals surface area contributed by atoms with Crippen molar-refractivity contribution in [2.45, 2.75) is 58.4 Å². The zero-order valence-electron chi connectivity index (χ0n) is 18.2. The summed E-state index contributed by atoms with van der Waals surface area (Å²) in [6.07, 6.45) is 10.8. The Labute approximate surface area is 188 Å². The van der Waals surface area contributed by atoms with Crippen molar-refractivity contribution >= 4 is 27.6 Å². The monoisotopic (exact) mass is 469 g/mol. The SMILES string of the molecule is CN1C(=O)C=C[C@@]2(C)C1CC[C@@H]1[C@H]2CC[C@]2(C)C(C(=O)c3ccccc3Br)CC[C@@H]12. The average molecular weight is 470 g/mol. The molecule has 3 fully saturated rings. The van der Waals surface area contributed by atoms with Gasteiger partial charge < -0.3 is 4.90 Å². The second-order valence-electron chi connectivity index (χ2n) is 10.6. The molecule has 30 heavy (non-hydrogen) atoms. The van der Waals surface area contributed by atoms with Gasteiger partial charge in [0.15, 0.2) is 5.78 Å². The summed E-state index contributed by atoms with van der Waals surface area (Å²) in [4.78, 5) is 27.8. The molecule has 2 unspecified atom stereocenters. The number of fused-ring (bicyclic) bond motifs is 5. The van der Waals surface area contributed by atoms with E-state index in [9.17, 15) is 9.59 Å². The molecule has 160 valence electrons. The molecule has 3 aliphatic carbocycles. The Bertz CT molecular complexity index is 925. The molecule has 0 N–H and O–H groups in total. The van der Waals surface area contributed by atoms with E-state index in [4.69, 9.17) is 0 Å². The summed E-state index contributed by atoms with van der Waals surface area (Å²) in [7, 11) is 1.98. The van der Waals surface area contributed by atoms with Crippen molar-refractivity contribution < 1.29 is 9.59 Å². The Morgan fingerprint density at radius 3 is 2.60 bits per heavy atom. The third-order valence-corrected chi connectivity index (χ3v) is 10.3. The fraction of sp³-hybridized carbons (Fsp3) is 0.615. The number of halogens is 1. The van der Waals surface area contributed by atoms with Gasteiger partial charge in [-0.3, -0.25) is 9.59 Å². The summed E-state index contributed by atoms with van der Waals surface area (Å²) in [6, 6.07) is 8.22. The van der Waals surface area contributed by atoms with Crippen molar-refractivity contribution in [1.82, 2.24) is 4.90 Å². The minimum Gasteiger partial charge on any atom is -0.338 e. The number of Topliss-reactive ketones (excluding diaryl/α,β-unsaturated/α-hetero) is 1. The molecule has 0 bridgehead atoms. The van der Waals surface area contributed by atoms with Gasteiger partial charge in [0.2, 0.25) is 5.91 Å². The first kappa shape index (κ1) is 20.5. The number of rotatable bonds is 2. The van der Waals surface area contributed by atoms with E-state index in [1.54, 1.807) is 6.08 Å². The van der Waals surface area contributed by atoms with Gasteiger partial charge in [0, 0.05) is 34.5 Å². The molecule has 0 radical (unpaired) electrons. The quantitative estimate of drug-likeness (QED) is 0.506. The highest BCUT2D eigenvalue weighted by atomic mass is 79.9. The molecule has 1 aromatic rings. The third-order valence-electron chi connectivity index (χ3n) is 9.58. The van der Waals surface area contributed by atoms with Gasteiger partial charge >= 0.3 is 0 Å². The number of nitrogens with zero attached hydrogens (tertiary/aromatic N) is 1. The molecule has 3 saturated carbocycles. The predicted molar refractivity (Wildman–Crippen MR) is 122 cm³/mol. The van der Waals surface area contributed by atoms with E-state index in [0.717, 1.165) is 42.1 Å². The Morgan fingerprint density at radius 2 is 1.83 bits per heavy atom. The lowest BCUT2D eigenvalue weighted by molar-refractivity contribution is -0.138. The van der Waals surface area contributed by atoms with Gasteiger partial charge in [0.1, 0.15) is 0 Å². The van der Waals surface area contributed by atoms with Crippen LogP contribution in [0.2, 0.25) is 0 Å². The Kier molecular flexibility index (Phi) is 4.81. The first-order valence-corrected chi connectivity index (χ1v) is 12.3. The second kappa shape index (κ2) is 7.05. The molecule has 1 aromatic carbocycles. The van der Waals surface area contributed by atoms with Gasteiger partial charge in [-0.1, -0.05) is 54.1 Å². The molecule has 1 heterocycles. The first-order valence-electron chi connectivity index (χ1n) is 11.5. The van der Waals surface area contributed by atoms with Gasteiger partial charge in [-0.05, 0) is 73.8 Å². The van der Waals surface area contributed by atoms with Gasteiger partial charge in [-0.15, -0.1) is 0 Å². The van der Waals surface area contributed by atoms with E-state index in [1.807, 2.05) is 36.2 Å². The maximum atomic E-state index is 13.6. The zero-order valence-corrected chi connectivity index (χ0v) is 19.8. The summed E-state index contributed by atoms with van der Waals surface area (Å²) in [5.41, 5.74) is 1.01. The van der Waals surface area contributed by atoms with E-state index in [1.165, 1.54) is 6.42 Å². The molecular weight excluding hydrogens is 438 g/mol. The molecule has 3 nitrogen and oxygen atoms in total. The first-order chi connectivity index (χ1) is 14.3. The van der Waals surface area contributed by atoms with Crippen molar-refractivity contribution in [2.75, 3.05) is 7.05 Å². The minimum atomic E-state index is 0.0669. The average Bonchev–Trinajstić information content (AvgIpc) is 3.08. The standard InChI is InChI=1S/C26H32BrNO2/c1-25-14-12-19-16(8-11-22-26(19,2)15-13-23(29)28(22)3)18(25)9-10-20(25)24(30)17-6-4-5-7-21(17)27/h4-7,13,15-16,18-20,22H,8-12,14H2,1-3H3/t16-,18-,19+,20?,22?,25-,26+/m0/s1. The Hall–Kier alpha value is -1.42. The number of amides is 1. The molecule has 1 aliphatic heterocycles. The molecule has 4 heteroatoms. The van der Waals surface area contributed by atoms with Crippen LogP contribution in [0.15, 0.2) is 40.9 Å². The largest absolute Gasteiger partial charge is 0.338 e. The van der Waals surface area contributed by atoms with Crippen molar-refractivity contribution in [2.24, 2.45) is 34.5 Å². The summed E-state index contributed by atoms with van der Waals surface area (Å²) >= 11 is 3.60. The normalized spacial score (nSPS) is 42.5. The van der Waals surface area contributed by atoms with Crippen LogP contribution < -0.4 is 0 Å². The van der Waals surface area contributed by atoms with E-state index in [0.29, 0.717) is 29.6 Å². The summed E-state index contributed by atoms with van der Waals surface area (Å²) < 4.78 is 0.920. The van der Waals surface area contributed by atoms with Gasteiger partial charge in [0.05, 0.1) is 0 Å². The summed E-state index contributed by atoms with van der Waals surface area (Å²) in [5, 5.41) is 0. The molecule has 0 spiro atoms. The van der Waals surface area contributed by atoms with E-state index < -0.39 is 0 Å². The van der Waals surface area contributed by atoms with Crippen LogP contribution >= 0.6 is 15.9 Å². The molecule has 0 saturated heterocycles. The number of carbonyl (C=O) groups is 2. The fourth-order valence-electron chi connectivity index (χ4n) is 8.02. The van der Waals surface area contributed by atoms with Crippen molar-refractivity contribution in [1.29, 1.82) is 0 Å². The van der Waals surface area contributed by atoms with Crippen molar-refractivity contribution in [3.8, 4) is 0 Å². The number of carbonyl (C=O) groups excluding carboxylic acids is 2. The van der Waals surface area contributed by atoms with Crippen LogP contribution in [0.4, 0.5) is 0 Å². The maximum absolute atomic E-state index is 13.6. The zero-order chi connectivity index (χ0) is 21.3. The minimum absolute atomic E-state index is 0.0669. The van der Waals surface area contributed by atoms with E-state index >= 15 is 0 Å². The summed E-state index contributed by atoms with van der Waals surface area (Å²) in [6.45, 7) is 4.79. The number of likely N-dealkylation sites (N-methyl/N-ethyl adjacent to an activating group) is 1. The Balaban J connectivity index is 1.45. The van der Waals surface area contributed by atoms with Crippen molar-refractivity contribution in [3.05, 3.63) is 46.5 Å². The van der Waals surface area contributed by atoms with Gasteiger partial charge in [-0.2, -0.15) is 0 Å². The molecule has 7 atom stereocenters. The number of benzene rings is 1. The van der Waals surface area contributed by atoms with Crippen LogP contribution in [0.5, 0.6) is 0 Å². The van der Waals surface area contributed by atoms with Crippen molar-refractivity contribution in [3.63, 3.8) is 0 Å². The van der Waals surface area contributed by atoms with E-state index in [-0.39, 0.29) is 22.7 Å². The molecule has 1 amide bonds. The van der Waals surface area contributed by atoms with Crippen LogP contribution in [0, 0.1) is 34.5 Å². The lowest BCUT2D eigenvalue weighted by atomic mass is 9.47. The third kappa shape index (κ3) is 2.75. The van der Waals surface area contributed by atoms with Crippen LogP contribution in [-0.4, -0.2) is 29.7 Å². The maximum Gasteiger partial charge on any atom is 0.246 e. The van der Waals surface area contributed by atoms with Crippen LogP contribution in [0.25, 0.3) is 0 Å². The molecular formula is C26H32BrNO2. The van der Waals surface area contributed by atoms with E-state index in [2.05, 4.69) is 35.9 Å².